The van der Waals surface area contributed by atoms with E-state index in [0.29, 0.717) is 12.6 Å². The zero-order valence-electron chi connectivity index (χ0n) is 16.6. The van der Waals surface area contributed by atoms with E-state index in [9.17, 15) is 0 Å². The van der Waals surface area contributed by atoms with Gasteiger partial charge in [-0.2, -0.15) is 0 Å². The third-order valence-electron chi connectivity index (χ3n) is 5.74. The first kappa shape index (κ1) is 24.1. The summed E-state index contributed by atoms with van der Waals surface area (Å²) in [6, 6.07) is 14.5. The van der Waals surface area contributed by atoms with E-state index in [1.807, 2.05) is 30.3 Å². The lowest BCUT2D eigenvalue weighted by molar-refractivity contribution is 0.0720. The summed E-state index contributed by atoms with van der Waals surface area (Å²) in [6.07, 6.45) is 2.66. The molecule has 1 unspecified atom stereocenters. The Balaban J connectivity index is 0.00000150. The molecular formula is C22H29Cl3N2O2. The number of benzene rings is 2. The molecule has 5 rings (SSSR count). The fourth-order valence-electron chi connectivity index (χ4n) is 4.17. The first-order chi connectivity index (χ1) is 13.2. The maximum atomic E-state index is 6.04. The molecule has 0 amide bonds. The monoisotopic (exact) mass is 458 g/mol. The molecule has 0 spiro atoms. The predicted molar refractivity (Wildman–Crippen MR) is 123 cm³/mol. The van der Waals surface area contributed by atoms with Crippen LogP contribution in [0.2, 0.25) is 5.02 Å². The number of hydrogen-bond donors (Lipinski definition) is 1. The highest BCUT2D eigenvalue weighted by atomic mass is 35.5. The summed E-state index contributed by atoms with van der Waals surface area (Å²) >= 11 is 6.04. The van der Waals surface area contributed by atoms with Crippen LogP contribution in [0, 0.1) is 5.92 Å². The molecule has 3 heterocycles. The molecule has 0 radical (unpaired) electrons. The average Bonchev–Trinajstić information content (AvgIpc) is 2.72. The molecular weight excluding hydrogens is 431 g/mol. The van der Waals surface area contributed by atoms with Crippen LogP contribution in [0.3, 0.4) is 0 Å². The zero-order valence-corrected chi connectivity index (χ0v) is 19.0. The molecule has 3 aliphatic heterocycles. The van der Waals surface area contributed by atoms with Crippen molar-refractivity contribution in [2.45, 2.75) is 32.0 Å². The number of hydrogen-bond acceptors (Lipinski definition) is 4. The van der Waals surface area contributed by atoms with Gasteiger partial charge in [0.2, 0.25) is 0 Å². The van der Waals surface area contributed by atoms with Gasteiger partial charge < -0.3 is 19.7 Å². The van der Waals surface area contributed by atoms with E-state index in [-0.39, 0.29) is 24.8 Å². The molecule has 160 valence electrons. The summed E-state index contributed by atoms with van der Waals surface area (Å²) in [7, 11) is 1.69. The second-order valence-corrected chi connectivity index (χ2v) is 7.97. The van der Waals surface area contributed by atoms with Gasteiger partial charge in [0, 0.05) is 24.2 Å². The molecule has 0 saturated carbocycles. The fourth-order valence-corrected chi connectivity index (χ4v) is 4.39. The molecule has 3 saturated heterocycles. The lowest BCUT2D eigenvalue weighted by Crippen LogP contribution is -2.55. The van der Waals surface area contributed by atoms with Crippen LogP contribution in [0.25, 0.3) is 0 Å². The topological polar surface area (TPSA) is 33.7 Å². The Morgan fingerprint density at radius 1 is 1.03 bits per heavy atom. The Labute approximate surface area is 190 Å². The van der Waals surface area contributed by atoms with E-state index in [4.69, 9.17) is 21.1 Å². The molecule has 1 N–H and O–H groups in total. The molecule has 3 fully saturated rings. The van der Waals surface area contributed by atoms with Crippen molar-refractivity contribution in [3.05, 3.63) is 58.6 Å². The van der Waals surface area contributed by atoms with Gasteiger partial charge in [0.1, 0.15) is 6.61 Å². The van der Waals surface area contributed by atoms with Crippen LogP contribution in [-0.2, 0) is 13.2 Å². The van der Waals surface area contributed by atoms with Crippen molar-refractivity contribution in [2.24, 2.45) is 5.92 Å². The second-order valence-electron chi connectivity index (χ2n) is 7.53. The van der Waals surface area contributed by atoms with Crippen molar-refractivity contribution >= 4 is 36.4 Å². The van der Waals surface area contributed by atoms with Crippen molar-refractivity contribution in [3.63, 3.8) is 0 Å². The van der Waals surface area contributed by atoms with Crippen molar-refractivity contribution < 1.29 is 9.47 Å². The van der Waals surface area contributed by atoms with Crippen LogP contribution < -0.4 is 14.8 Å². The molecule has 1 atom stereocenters. The minimum absolute atomic E-state index is 0. The molecule has 0 aromatic heterocycles. The van der Waals surface area contributed by atoms with Gasteiger partial charge in [0.15, 0.2) is 11.5 Å². The Morgan fingerprint density at radius 2 is 1.83 bits per heavy atom. The molecule has 4 nitrogen and oxygen atoms in total. The van der Waals surface area contributed by atoms with Crippen molar-refractivity contribution in [3.8, 4) is 11.5 Å². The van der Waals surface area contributed by atoms with Gasteiger partial charge in [-0.15, -0.1) is 24.8 Å². The van der Waals surface area contributed by atoms with E-state index >= 15 is 0 Å². The van der Waals surface area contributed by atoms with Crippen molar-refractivity contribution in [1.29, 1.82) is 0 Å². The van der Waals surface area contributed by atoms with Crippen LogP contribution in [0.5, 0.6) is 11.5 Å². The summed E-state index contributed by atoms with van der Waals surface area (Å²) in [4.78, 5) is 2.57. The maximum Gasteiger partial charge on any atom is 0.161 e. The number of fused-ring (bicyclic) bond motifs is 3. The van der Waals surface area contributed by atoms with Gasteiger partial charge in [-0.05, 0) is 67.2 Å². The Bertz CT molecular complexity index is 782. The Morgan fingerprint density at radius 3 is 2.48 bits per heavy atom. The van der Waals surface area contributed by atoms with Crippen LogP contribution in [0.1, 0.15) is 24.0 Å². The summed E-state index contributed by atoms with van der Waals surface area (Å²) in [5.74, 6) is 2.35. The third-order valence-corrected chi connectivity index (χ3v) is 5.97. The second kappa shape index (κ2) is 11.3. The lowest BCUT2D eigenvalue weighted by atomic mass is 9.84. The van der Waals surface area contributed by atoms with Gasteiger partial charge >= 0.3 is 0 Å². The third kappa shape index (κ3) is 6.16. The molecule has 2 bridgehead atoms. The van der Waals surface area contributed by atoms with Gasteiger partial charge in [0.05, 0.1) is 7.11 Å². The molecule has 2 aromatic rings. The molecule has 7 heteroatoms. The number of methoxy groups -OCH3 is 1. The van der Waals surface area contributed by atoms with Crippen LogP contribution in [0.15, 0.2) is 42.5 Å². The smallest absolute Gasteiger partial charge is 0.161 e. The lowest BCUT2D eigenvalue weighted by Gasteiger charge is -2.45. The molecule has 29 heavy (non-hydrogen) atoms. The number of piperidine rings is 3. The Hall–Kier alpha value is -1.17. The zero-order chi connectivity index (χ0) is 18.6. The summed E-state index contributed by atoms with van der Waals surface area (Å²) in [5, 5.41) is 4.47. The number of ether oxygens (including phenoxy) is 2. The van der Waals surface area contributed by atoms with E-state index < -0.39 is 0 Å². The highest BCUT2D eigenvalue weighted by molar-refractivity contribution is 6.30. The highest BCUT2D eigenvalue weighted by Gasteiger charge is 2.33. The SMILES string of the molecule is COc1cc(CNC2CN3CCC2CC3)ccc1OCc1cccc(Cl)c1.Cl.Cl. The fraction of sp³-hybridized carbons (Fsp3) is 0.455. The molecule has 3 aliphatic rings. The number of nitrogens with one attached hydrogen (secondary N) is 1. The quantitative estimate of drug-likeness (QED) is 0.635. The molecule has 2 aromatic carbocycles. The van der Waals surface area contributed by atoms with Gasteiger partial charge in [0.25, 0.3) is 0 Å². The van der Waals surface area contributed by atoms with Gasteiger partial charge in [-0.25, -0.2) is 0 Å². The predicted octanol–water partition coefficient (Wildman–Crippen LogP) is 4.96. The average molecular weight is 460 g/mol. The number of rotatable bonds is 7. The Kier molecular flexibility index (Phi) is 9.38. The van der Waals surface area contributed by atoms with E-state index in [0.717, 1.165) is 34.5 Å². The van der Waals surface area contributed by atoms with Gasteiger partial charge in [-0.3, -0.25) is 0 Å². The summed E-state index contributed by atoms with van der Waals surface area (Å²) < 4.78 is 11.5. The van der Waals surface area contributed by atoms with Crippen LogP contribution in [-0.4, -0.2) is 37.7 Å². The maximum absolute atomic E-state index is 6.04. The minimum Gasteiger partial charge on any atom is -0.493 e. The van der Waals surface area contributed by atoms with Crippen LogP contribution >= 0.6 is 36.4 Å². The largest absolute Gasteiger partial charge is 0.493 e. The van der Waals surface area contributed by atoms with Crippen LogP contribution in [0.4, 0.5) is 0 Å². The van der Waals surface area contributed by atoms with Crippen molar-refractivity contribution in [2.75, 3.05) is 26.7 Å². The van der Waals surface area contributed by atoms with Gasteiger partial charge in [-0.1, -0.05) is 29.8 Å². The standard InChI is InChI=1S/C22H27ClN2O2.2ClH/c1-26-22-12-16(13-24-20-14-25-9-7-18(20)8-10-25)5-6-21(22)27-15-17-3-2-4-19(23)11-17;;/h2-6,11-12,18,20,24H,7-10,13-15H2,1H3;2*1H. The normalized spacial score (nSPS) is 22.3. The number of nitrogens with zero attached hydrogens (tertiary/aromatic N) is 1. The first-order valence-corrected chi connectivity index (χ1v) is 10.1. The first-order valence-electron chi connectivity index (χ1n) is 9.71. The minimum atomic E-state index is 0. The highest BCUT2D eigenvalue weighted by Crippen LogP contribution is 2.30. The van der Waals surface area contributed by atoms with Crippen molar-refractivity contribution in [1.82, 2.24) is 10.2 Å². The van der Waals surface area contributed by atoms with E-state index in [1.54, 1.807) is 7.11 Å². The number of halogens is 3. The van der Waals surface area contributed by atoms with E-state index in [1.165, 1.54) is 38.0 Å². The molecule has 0 aliphatic carbocycles. The van der Waals surface area contributed by atoms with E-state index in [2.05, 4.69) is 22.3 Å². The summed E-state index contributed by atoms with van der Waals surface area (Å²) in [6.45, 7) is 5.06. The summed E-state index contributed by atoms with van der Waals surface area (Å²) in [5.41, 5.74) is 2.26.